The van der Waals surface area contributed by atoms with Crippen LogP contribution in [-0.2, 0) is 38.0 Å². The molecule has 0 amide bonds. The van der Waals surface area contributed by atoms with E-state index in [2.05, 4.69) is 0 Å². The fraction of sp³-hybridized carbons (Fsp3) is 0.0769. The summed E-state index contributed by atoms with van der Waals surface area (Å²) >= 11 is 0. The Morgan fingerprint density at radius 3 is 0.936 bits per heavy atom. The van der Waals surface area contributed by atoms with E-state index < -0.39 is 7.82 Å². The van der Waals surface area contributed by atoms with Gasteiger partial charge < -0.3 is 15.3 Å². The Hall–Kier alpha value is -5.17. The first-order valence-electron chi connectivity index (χ1n) is 15.0. The second-order valence-electron chi connectivity index (χ2n) is 10.9. The molecule has 0 radical (unpaired) electrons. The molecule has 6 rings (SSSR count). The van der Waals surface area contributed by atoms with Crippen LogP contribution in [0.25, 0.3) is 33.4 Å². The normalized spacial score (nSPS) is 11.4. The van der Waals surface area contributed by atoms with Crippen LogP contribution in [0.5, 0.6) is 17.2 Å². The molecule has 0 spiro atoms. The van der Waals surface area contributed by atoms with Gasteiger partial charge in [-0.25, -0.2) is 4.57 Å². The summed E-state index contributed by atoms with van der Waals surface area (Å²) in [5, 5.41) is 31.9. The van der Waals surface area contributed by atoms with Gasteiger partial charge in [-0.05, 0) is 69.8 Å². The van der Waals surface area contributed by atoms with E-state index in [4.69, 9.17) is 13.6 Å². The van der Waals surface area contributed by atoms with Crippen LogP contribution < -0.4 is 0 Å². The highest BCUT2D eigenvalue weighted by atomic mass is 31.2. The van der Waals surface area contributed by atoms with Crippen molar-refractivity contribution in [3.8, 4) is 50.6 Å². The predicted octanol–water partition coefficient (Wildman–Crippen LogP) is 9.86. The number of hydrogen-bond donors (Lipinski definition) is 3. The second-order valence-corrected chi connectivity index (χ2v) is 12.6. The van der Waals surface area contributed by atoms with Crippen molar-refractivity contribution in [1.82, 2.24) is 0 Å². The number of phosphoric acid groups is 1. The van der Waals surface area contributed by atoms with Crippen LogP contribution in [0, 0.1) is 0 Å². The Morgan fingerprint density at radius 2 is 0.660 bits per heavy atom. The monoisotopic (exact) mass is 644 g/mol. The zero-order chi connectivity index (χ0) is 32.6. The van der Waals surface area contributed by atoms with Crippen LogP contribution in [0.4, 0.5) is 0 Å². The van der Waals surface area contributed by atoms with Crippen molar-refractivity contribution >= 4 is 7.82 Å². The van der Waals surface area contributed by atoms with Crippen LogP contribution in [0.2, 0.25) is 0 Å². The Labute approximate surface area is 273 Å². The molecule has 6 aromatic carbocycles. The molecule has 6 aromatic rings. The van der Waals surface area contributed by atoms with Crippen molar-refractivity contribution in [3.05, 3.63) is 162 Å². The van der Waals surface area contributed by atoms with E-state index in [0.29, 0.717) is 16.7 Å². The summed E-state index contributed by atoms with van der Waals surface area (Å²) in [6, 6.07) is 44.2. The molecule has 0 bridgehead atoms. The van der Waals surface area contributed by atoms with Crippen molar-refractivity contribution < 1.29 is 33.5 Å². The number of phosphoric ester groups is 1. The number of rotatable bonds is 12. The Balaban J connectivity index is 1.26. The fourth-order valence-corrected chi connectivity index (χ4v) is 6.21. The molecular weight excluding hydrogens is 611 g/mol. The molecule has 0 aliphatic carbocycles. The van der Waals surface area contributed by atoms with Gasteiger partial charge in [0.2, 0.25) is 0 Å². The molecule has 0 saturated heterocycles. The first kappa shape index (κ1) is 31.8. The topological polar surface area (TPSA) is 105 Å². The van der Waals surface area contributed by atoms with Gasteiger partial charge in [0.1, 0.15) is 17.2 Å². The maximum atomic E-state index is 14.2. The van der Waals surface area contributed by atoms with Crippen molar-refractivity contribution in [2.75, 3.05) is 0 Å². The van der Waals surface area contributed by atoms with E-state index in [0.717, 1.165) is 33.4 Å². The van der Waals surface area contributed by atoms with Crippen molar-refractivity contribution in [1.29, 1.82) is 0 Å². The number of phenols is 3. The molecule has 0 heterocycles. The largest absolute Gasteiger partial charge is 0.508 e. The lowest BCUT2D eigenvalue weighted by Crippen LogP contribution is -2.03. The number of aromatic hydroxyl groups is 3. The third-order valence-electron chi connectivity index (χ3n) is 7.69. The third-order valence-corrected chi connectivity index (χ3v) is 9.03. The molecule has 3 N–H and O–H groups in total. The summed E-state index contributed by atoms with van der Waals surface area (Å²) in [6.45, 7) is -0.887. The van der Waals surface area contributed by atoms with Crippen LogP contribution in [-0.4, -0.2) is 15.3 Å². The molecule has 0 saturated carbocycles. The number of phenolic OH excluding ortho intramolecular Hbond substituents is 3. The van der Waals surface area contributed by atoms with Gasteiger partial charge in [0, 0.05) is 16.7 Å². The molecule has 0 fully saturated rings. The molecule has 0 aliphatic heterocycles. The number of benzene rings is 6. The van der Waals surface area contributed by atoms with Gasteiger partial charge in [-0.2, -0.15) is 0 Å². The summed E-state index contributed by atoms with van der Waals surface area (Å²) in [5.74, 6) is -0.132. The summed E-state index contributed by atoms with van der Waals surface area (Å²) in [7, 11) is -4.37. The zero-order valence-corrected chi connectivity index (χ0v) is 26.3. The predicted molar refractivity (Wildman–Crippen MR) is 183 cm³/mol. The molecule has 236 valence electrons. The molecule has 0 unspecified atom stereocenters. The van der Waals surface area contributed by atoms with Gasteiger partial charge in [-0.3, -0.25) is 13.6 Å². The van der Waals surface area contributed by atoms with E-state index in [9.17, 15) is 19.9 Å². The quantitative estimate of drug-likeness (QED) is 0.114. The second kappa shape index (κ2) is 14.5. The third kappa shape index (κ3) is 7.98. The summed E-state index contributed by atoms with van der Waals surface area (Å²) in [6.07, 6.45) is 0. The molecule has 0 atom stereocenters. The highest BCUT2D eigenvalue weighted by Crippen LogP contribution is 2.53. The zero-order valence-electron chi connectivity index (χ0n) is 25.4. The number of hydrogen-bond acceptors (Lipinski definition) is 7. The van der Waals surface area contributed by atoms with Gasteiger partial charge in [0.05, 0.1) is 19.8 Å². The van der Waals surface area contributed by atoms with Crippen molar-refractivity contribution in [2.24, 2.45) is 0 Å². The molecule has 0 aliphatic rings. The van der Waals surface area contributed by atoms with Crippen LogP contribution in [0.15, 0.2) is 146 Å². The Kier molecular flexibility index (Phi) is 9.81. The molecule has 0 aromatic heterocycles. The highest BCUT2D eigenvalue weighted by Gasteiger charge is 2.29. The lowest BCUT2D eigenvalue weighted by atomic mass is 10.0. The standard InChI is InChI=1S/C39H33O7P/c40-37-19-16-31(28-10-4-1-5-11-28)22-34(37)25-44-47(43,45-26-35-23-32(17-20-38(35)41)29-12-6-2-7-13-29)46-27-36-24-33(18-21-39(36)42)30-14-8-3-9-15-30/h1-24,40-42H,25-27H2. The average Bonchev–Trinajstić information content (AvgIpc) is 3.12. The minimum atomic E-state index is -4.37. The fourth-order valence-electron chi connectivity index (χ4n) is 5.09. The lowest BCUT2D eigenvalue weighted by molar-refractivity contribution is 0.0964. The Bertz CT molecular complexity index is 1770. The average molecular weight is 645 g/mol. The smallest absolute Gasteiger partial charge is 0.475 e. The van der Waals surface area contributed by atoms with E-state index in [-0.39, 0.29) is 37.1 Å². The van der Waals surface area contributed by atoms with E-state index >= 15 is 0 Å². The lowest BCUT2D eigenvalue weighted by Gasteiger charge is -2.20. The van der Waals surface area contributed by atoms with Crippen molar-refractivity contribution in [2.45, 2.75) is 19.8 Å². The molecule has 8 heteroatoms. The molecule has 7 nitrogen and oxygen atoms in total. The van der Waals surface area contributed by atoms with Gasteiger partial charge in [-0.15, -0.1) is 0 Å². The van der Waals surface area contributed by atoms with Crippen LogP contribution >= 0.6 is 7.82 Å². The molecular formula is C39H33O7P. The SMILES string of the molecule is O=P(OCc1cc(-c2ccccc2)ccc1O)(OCc1cc(-c2ccccc2)ccc1O)OCc1cc(-c2ccccc2)ccc1O. The summed E-state index contributed by atoms with van der Waals surface area (Å²) < 4.78 is 31.7. The summed E-state index contributed by atoms with van der Waals surface area (Å²) in [4.78, 5) is 0. The minimum absolute atomic E-state index is 0.0438. The van der Waals surface area contributed by atoms with Crippen LogP contribution in [0.3, 0.4) is 0 Å². The van der Waals surface area contributed by atoms with Gasteiger partial charge >= 0.3 is 7.82 Å². The first-order chi connectivity index (χ1) is 22.9. The first-order valence-corrected chi connectivity index (χ1v) is 16.5. The highest BCUT2D eigenvalue weighted by molar-refractivity contribution is 7.48. The Morgan fingerprint density at radius 1 is 0.383 bits per heavy atom. The molecule has 47 heavy (non-hydrogen) atoms. The minimum Gasteiger partial charge on any atom is -0.508 e. The van der Waals surface area contributed by atoms with E-state index in [1.54, 1.807) is 54.6 Å². The van der Waals surface area contributed by atoms with Crippen LogP contribution in [0.1, 0.15) is 16.7 Å². The van der Waals surface area contributed by atoms with Crippen molar-refractivity contribution in [3.63, 3.8) is 0 Å². The summed E-state index contributed by atoms with van der Waals surface area (Å²) in [5.41, 5.74) is 6.45. The van der Waals surface area contributed by atoms with Gasteiger partial charge in [0.15, 0.2) is 0 Å². The maximum absolute atomic E-state index is 14.2. The van der Waals surface area contributed by atoms with E-state index in [1.807, 2.05) is 91.0 Å². The van der Waals surface area contributed by atoms with Gasteiger partial charge in [0.25, 0.3) is 0 Å². The maximum Gasteiger partial charge on any atom is 0.475 e. The van der Waals surface area contributed by atoms with Gasteiger partial charge in [-0.1, -0.05) is 109 Å². The van der Waals surface area contributed by atoms with E-state index in [1.165, 1.54) is 0 Å².